The average molecular weight is 246 g/mol. The van der Waals surface area contributed by atoms with Gasteiger partial charge in [-0.05, 0) is 41.5 Å². The average Bonchev–Trinajstić information content (AvgIpc) is 1.96. The van der Waals surface area contributed by atoms with E-state index in [2.05, 4.69) is 9.47 Å². The summed E-state index contributed by atoms with van der Waals surface area (Å²) in [5, 5.41) is 0. The summed E-state index contributed by atoms with van der Waals surface area (Å²) in [6.07, 6.45) is -2.59. The van der Waals surface area contributed by atoms with Crippen LogP contribution in [0.1, 0.15) is 41.5 Å². The molecule has 0 heterocycles. The smallest absolute Gasteiger partial charge is 0.428 e. The van der Waals surface area contributed by atoms with Gasteiger partial charge >= 0.3 is 18.3 Å². The van der Waals surface area contributed by atoms with Gasteiger partial charge in [-0.25, -0.2) is 9.59 Å². The molecule has 0 aliphatic rings. The number of hydrogen-bond acceptors (Lipinski definition) is 6. The van der Waals surface area contributed by atoms with Gasteiger partial charge in [-0.15, -0.1) is 0 Å². The van der Waals surface area contributed by atoms with Crippen LogP contribution < -0.4 is 0 Å². The van der Waals surface area contributed by atoms with Crippen LogP contribution in [0.3, 0.4) is 0 Å². The van der Waals surface area contributed by atoms with Crippen LogP contribution in [0, 0.1) is 5.41 Å². The summed E-state index contributed by atoms with van der Waals surface area (Å²) in [5.41, 5.74) is -1.64. The lowest BCUT2D eigenvalue weighted by atomic mass is 9.98. The Labute approximate surface area is 100 Å². The first-order valence-electron chi connectivity index (χ1n) is 5.09. The van der Waals surface area contributed by atoms with E-state index in [0.29, 0.717) is 0 Å². The molecule has 0 saturated heterocycles. The molecule has 0 aromatic heterocycles. The second kappa shape index (κ2) is 5.16. The van der Waals surface area contributed by atoms with Crippen molar-refractivity contribution < 1.29 is 28.6 Å². The predicted molar refractivity (Wildman–Crippen MR) is 58.3 cm³/mol. The van der Waals surface area contributed by atoms with Crippen molar-refractivity contribution in [3.8, 4) is 0 Å². The number of rotatable bonds is 0. The molecule has 98 valence electrons. The van der Waals surface area contributed by atoms with Crippen molar-refractivity contribution in [2.75, 3.05) is 0 Å². The molecule has 6 nitrogen and oxygen atoms in total. The lowest BCUT2D eigenvalue weighted by Gasteiger charge is -2.18. The van der Waals surface area contributed by atoms with Crippen LogP contribution in [0.15, 0.2) is 0 Å². The Balaban J connectivity index is 4.21. The minimum atomic E-state index is -1.39. The van der Waals surface area contributed by atoms with E-state index in [4.69, 9.17) is 4.74 Å². The topological polar surface area (TPSA) is 78.9 Å². The predicted octanol–water partition coefficient (Wildman–Crippen LogP) is 2.65. The molecule has 0 atom stereocenters. The lowest BCUT2D eigenvalue weighted by Crippen LogP contribution is -2.30. The number of hydrogen-bond donors (Lipinski definition) is 0. The van der Waals surface area contributed by atoms with E-state index in [-0.39, 0.29) is 0 Å². The molecule has 0 aromatic carbocycles. The monoisotopic (exact) mass is 246 g/mol. The number of carbonyl (C=O) groups is 3. The molecule has 0 spiro atoms. The summed E-state index contributed by atoms with van der Waals surface area (Å²) >= 11 is 0. The standard InChI is InChI=1S/C11H18O6/c1-10(2,3)7(12)15-8(13)16-9(14)17-11(4,5)6/h1-6H3. The van der Waals surface area contributed by atoms with Crippen molar-refractivity contribution in [2.24, 2.45) is 5.41 Å². The van der Waals surface area contributed by atoms with E-state index in [1.807, 2.05) is 0 Å². The maximum absolute atomic E-state index is 11.3. The van der Waals surface area contributed by atoms with Gasteiger partial charge in [0.15, 0.2) is 0 Å². The van der Waals surface area contributed by atoms with Crippen LogP contribution in [-0.4, -0.2) is 23.9 Å². The first kappa shape index (κ1) is 15.4. The van der Waals surface area contributed by atoms with Gasteiger partial charge in [0.1, 0.15) is 5.60 Å². The Kier molecular flexibility index (Phi) is 4.68. The summed E-state index contributed by atoms with van der Waals surface area (Å²) < 4.78 is 13.2. The van der Waals surface area contributed by atoms with Gasteiger partial charge in [0, 0.05) is 0 Å². The van der Waals surface area contributed by atoms with E-state index in [9.17, 15) is 14.4 Å². The molecule has 0 aromatic rings. The zero-order chi connectivity index (χ0) is 13.9. The normalized spacial score (nSPS) is 11.6. The Hall–Kier alpha value is -1.59. The first-order valence-corrected chi connectivity index (χ1v) is 5.09. The highest BCUT2D eigenvalue weighted by Crippen LogP contribution is 2.16. The van der Waals surface area contributed by atoms with E-state index in [1.54, 1.807) is 41.5 Å². The van der Waals surface area contributed by atoms with Crippen molar-refractivity contribution in [2.45, 2.75) is 47.1 Å². The van der Waals surface area contributed by atoms with Gasteiger partial charge in [-0.3, -0.25) is 4.79 Å². The van der Waals surface area contributed by atoms with Crippen LogP contribution >= 0.6 is 0 Å². The van der Waals surface area contributed by atoms with Crippen LogP contribution in [0.2, 0.25) is 0 Å². The molecular formula is C11H18O6. The molecular weight excluding hydrogens is 228 g/mol. The fourth-order valence-electron chi connectivity index (χ4n) is 0.588. The molecule has 0 aliphatic heterocycles. The Bertz CT molecular complexity index is 318. The maximum atomic E-state index is 11.3. The second-order valence-electron chi connectivity index (χ2n) is 5.46. The van der Waals surface area contributed by atoms with Gasteiger partial charge in [-0.1, -0.05) is 0 Å². The zero-order valence-electron chi connectivity index (χ0n) is 10.9. The third-order valence-corrected chi connectivity index (χ3v) is 1.34. The first-order chi connectivity index (χ1) is 7.42. The molecule has 0 fully saturated rings. The van der Waals surface area contributed by atoms with Crippen LogP contribution in [0.5, 0.6) is 0 Å². The summed E-state index contributed by atoms with van der Waals surface area (Å²) in [6.45, 7) is 9.53. The van der Waals surface area contributed by atoms with E-state index < -0.39 is 29.3 Å². The zero-order valence-corrected chi connectivity index (χ0v) is 10.9. The van der Waals surface area contributed by atoms with E-state index in [1.165, 1.54) is 0 Å². The third-order valence-electron chi connectivity index (χ3n) is 1.34. The summed E-state index contributed by atoms with van der Waals surface area (Å²) in [6, 6.07) is 0. The Morgan fingerprint density at radius 1 is 0.765 bits per heavy atom. The summed E-state index contributed by atoms with van der Waals surface area (Å²) in [4.78, 5) is 33.3. The number of ether oxygens (including phenoxy) is 3. The second-order valence-corrected chi connectivity index (χ2v) is 5.46. The molecule has 0 saturated carbocycles. The van der Waals surface area contributed by atoms with Crippen molar-refractivity contribution >= 4 is 18.3 Å². The number of esters is 1. The van der Waals surface area contributed by atoms with Gasteiger partial charge in [0.2, 0.25) is 0 Å². The third kappa shape index (κ3) is 7.32. The molecule has 0 unspecified atom stereocenters. The number of carbonyl (C=O) groups excluding carboxylic acids is 3. The largest absolute Gasteiger partial charge is 0.526 e. The van der Waals surface area contributed by atoms with Gasteiger partial charge in [-0.2, -0.15) is 0 Å². The highest BCUT2D eigenvalue weighted by molar-refractivity contribution is 5.88. The van der Waals surface area contributed by atoms with Crippen LogP contribution in [0.4, 0.5) is 9.59 Å². The molecule has 0 radical (unpaired) electrons. The molecule has 0 amide bonds. The lowest BCUT2D eigenvalue weighted by molar-refractivity contribution is -0.148. The SMILES string of the molecule is CC(C)(C)OC(=O)OC(=O)OC(=O)C(C)(C)C. The fraction of sp³-hybridized carbons (Fsp3) is 0.727. The quantitative estimate of drug-likeness (QED) is 0.483. The minimum Gasteiger partial charge on any atom is -0.428 e. The Morgan fingerprint density at radius 3 is 1.59 bits per heavy atom. The molecule has 0 rings (SSSR count). The van der Waals surface area contributed by atoms with Crippen molar-refractivity contribution in [1.29, 1.82) is 0 Å². The highest BCUT2D eigenvalue weighted by atomic mass is 16.8. The fourth-order valence-corrected chi connectivity index (χ4v) is 0.588. The Morgan fingerprint density at radius 2 is 1.24 bits per heavy atom. The van der Waals surface area contributed by atoms with Gasteiger partial charge in [0.05, 0.1) is 5.41 Å². The summed E-state index contributed by atoms with van der Waals surface area (Å²) in [5.74, 6) is -0.786. The van der Waals surface area contributed by atoms with Crippen molar-refractivity contribution in [1.82, 2.24) is 0 Å². The van der Waals surface area contributed by atoms with Crippen molar-refractivity contribution in [3.05, 3.63) is 0 Å². The van der Waals surface area contributed by atoms with Crippen LogP contribution in [0.25, 0.3) is 0 Å². The van der Waals surface area contributed by atoms with Gasteiger partial charge < -0.3 is 14.2 Å². The molecule has 0 N–H and O–H groups in total. The maximum Gasteiger partial charge on any atom is 0.526 e. The highest BCUT2D eigenvalue weighted by Gasteiger charge is 2.28. The minimum absolute atomic E-state index is 0.786. The summed E-state index contributed by atoms with van der Waals surface area (Å²) in [7, 11) is 0. The molecule has 17 heavy (non-hydrogen) atoms. The van der Waals surface area contributed by atoms with Gasteiger partial charge in [0.25, 0.3) is 0 Å². The van der Waals surface area contributed by atoms with Crippen molar-refractivity contribution in [3.63, 3.8) is 0 Å². The van der Waals surface area contributed by atoms with E-state index >= 15 is 0 Å². The molecule has 0 aliphatic carbocycles. The molecule has 0 bridgehead atoms. The van der Waals surface area contributed by atoms with Crippen LogP contribution in [-0.2, 0) is 19.0 Å². The molecule has 6 heteroatoms. The van der Waals surface area contributed by atoms with E-state index in [0.717, 1.165) is 0 Å².